The number of ether oxygens (including phenoxy) is 2. The molecular weight excluding hydrogens is 349 g/mol. The van der Waals surface area contributed by atoms with E-state index in [0.717, 1.165) is 5.56 Å². The van der Waals surface area contributed by atoms with Crippen molar-refractivity contribution in [2.24, 2.45) is 5.73 Å². The van der Waals surface area contributed by atoms with Crippen molar-refractivity contribution in [2.75, 3.05) is 6.61 Å². The number of benzene rings is 1. The van der Waals surface area contributed by atoms with E-state index in [-0.39, 0.29) is 18.2 Å². The maximum Gasteiger partial charge on any atom is 0.345 e. The summed E-state index contributed by atoms with van der Waals surface area (Å²) in [6.45, 7) is -1.45. The first-order chi connectivity index (χ1) is 12.3. The fourth-order valence-electron chi connectivity index (χ4n) is 2.91. The monoisotopic (exact) mass is 366 g/mol. The Kier molecular flexibility index (Phi) is 5.13. The molecule has 0 saturated carbocycles. The maximum atomic E-state index is 14.4. The number of nitrogens with two attached hydrogens (primary N) is 1. The zero-order valence-electron chi connectivity index (χ0n) is 14.0. The molecule has 1 aliphatic rings. The van der Waals surface area contributed by atoms with Crippen LogP contribution in [0.4, 0.5) is 13.2 Å². The van der Waals surface area contributed by atoms with E-state index in [1.165, 1.54) is 12.1 Å². The number of aromatic nitrogens is 1. The van der Waals surface area contributed by atoms with Gasteiger partial charge in [0, 0.05) is 11.1 Å². The Labute approximate surface area is 147 Å². The molecule has 0 saturated heterocycles. The third-order valence-corrected chi connectivity index (χ3v) is 4.16. The summed E-state index contributed by atoms with van der Waals surface area (Å²) < 4.78 is 48.8. The van der Waals surface area contributed by atoms with Crippen molar-refractivity contribution in [3.63, 3.8) is 0 Å². The number of hydrogen-bond acceptors (Lipinski definition) is 4. The minimum Gasteiger partial charge on any atom is -0.472 e. The highest BCUT2D eigenvalue weighted by Gasteiger charge is 2.27. The number of aryl methyl sites for hydroxylation is 1. The Morgan fingerprint density at radius 2 is 2.15 bits per heavy atom. The van der Waals surface area contributed by atoms with Crippen molar-refractivity contribution in [3.05, 3.63) is 46.9 Å². The lowest BCUT2D eigenvalue weighted by Crippen LogP contribution is -2.30. The fourth-order valence-corrected chi connectivity index (χ4v) is 2.91. The molecule has 1 atom stereocenters. The molecule has 0 fully saturated rings. The van der Waals surface area contributed by atoms with Crippen LogP contribution in [0.25, 0.3) is 11.1 Å². The fraction of sp³-hybridized carbons (Fsp3) is 0.333. The van der Waals surface area contributed by atoms with Gasteiger partial charge in [-0.15, -0.1) is 0 Å². The van der Waals surface area contributed by atoms with Gasteiger partial charge in [0.2, 0.25) is 5.88 Å². The number of halogens is 3. The van der Waals surface area contributed by atoms with E-state index in [0.29, 0.717) is 29.5 Å². The molecule has 138 valence electrons. The zero-order valence-corrected chi connectivity index (χ0v) is 14.0. The van der Waals surface area contributed by atoms with Crippen LogP contribution in [0.15, 0.2) is 24.3 Å². The summed E-state index contributed by atoms with van der Waals surface area (Å²) in [5.74, 6) is -1.15. The second kappa shape index (κ2) is 7.33. The van der Waals surface area contributed by atoms with E-state index in [4.69, 9.17) is 10.5 Å². The minimum atomic E-state index is -2.90. The Balaban J connectivity index is 2.02. The Morgan fingerprint density at radius 1 is 1.38 bits per heavy atom. The molecule has 1 aromatic heterocycles. The molecule has 0 radical (unpaired) electrons. The number of pyridine rings is 1. The van der Waals surface area contributed by atoms with Crippen LogP contribution in [0.5, 0.6) is 5.88 Å². The van der Waals surface area contributed by atoms with E-state index >= 15 is 0 Å². The third-order valence-electron chi connectivity index (χ3n) is 4.16. The van der Waals surface area contributed by atoms with Crippen molar-refractivity contribution < 1.29 is 27.4 Å². The average molecular weight is 366 g/mol. The van der Waals surface area contributed by atoms with Crippen LogP contribution in [0.3, 0.4) is 0 Å². The normalized spacial score (nSPS) is 16.3. The van der Waals surface area contributed by atoms with Gasteiger partial charge in [0.25, 0.3) is 5.91 Å². The van der Waals surface area contributed by atoms with E-state index in [1.54, 1.807) is 19.1 Å². The van der Waals surface area contributed by atoms with Gasteiger partial charge in [0.05, 0.1) is 6.61 Å². The number of amides is 1. The first-order valence-electron chi connectivity index (χ1n) is 8.02. The summed E-state index contributed by atoms with van der Waals surface area (Å²) in [5.41, 5.74) is 7.33. The first-order valence-corrected chi connectivity index (χ1v) is 8.02. The molecule has 1 aliphatic heterocycles. The predicted octanol–water partition coefficient (Wildman–Crippen LogP) is 3.23. The number of alkyl halides is 2. The van der Waals surface area contributed by atoms with Gasteiger partial charge in [-0.25, -0.2) is 9.37 Å². The number of fused-ring (bicyclic) bond motifs is 1. The number of rotatable bonds is 5. The number of nitrogens with zero attached hydrogens (tertiary/aromatic N) is 1. The van der Waals surface area contributed by atoms with Crippen LogP contribution in [-0.4, -0.2) is 30.2 Å². The molecule has 3 rings (SSSR count). The third kappa shape index (κ3) is 3.80. The molecule has 0 bridgehead atoms. The van der Waals surface area contributed by atoms with Gasteiger partial charge in [-0.05, 0) is 43.0 Å². The van der Waals surface area contributed by atoms with Crippen molar-refractivity contribution in [1.82, 2.24) is 4.98 Å². The summed E-state index contributed by atoms with van der Waals surface area (Å²) in [5, 5.41) is 0. The lowest BCUT2D eigenvalue weighted by molar-refractivity contribution is -0.146. The molecule has 0 spiro atoms. The predicted molar refractivity (Wildman–Crippen MR) is 87.6 cm³/mol. The van der Waals surface area contributed by atoms with Crippen LogP contribution in [0.2, 0.25) is 0 Å². The van der Waals surface area contributed by atoms with Gasteiger partial charge < -0.3 is 15.2 Å². The van der Waals surface area contributed by atoms with E-state index in [9.17, 15) is 18.0 Å². The molecule has 5 nitrogen and oxygen atoms in total. The Hall–Kier alpha value is -2.61. The Bertz CT molecular complexity index is 843. The lowest BCUT2D eigenvalue weighted by atomic mass is 9.93. The summed E-state index contributed by atoms with van der Waals surface area (Å²) >= 11 is 0. The molecule has 0 unspecified atom stereocenters. The summed E-state index contributed by atoms with van der Waals surface area (Å²) in [7, 11) is 0. The standard InChI is InChI=1S/C18H17F3N2O3/c1-9-2-4-11(14(19)6-9)13-7-15(16(22)24)23-17-12(13)5-3-10(26-17)8-25-18(20)21/h2,4,6-7,10,18H,3,5,8H2,1H3,(H2,22,24)/t10-/m1/s1. The number of carbonyl (C=O) groups excluding carboxylic acids is 1. The van der Waals surface area contributed by atoms with E-state index in [1.807, 2.05) is 0 Å². The number of primary amides is 1. The average Bonchev–Trinajstić information content (AvgIpc) is 2.58. The van der Waals surface area contributed by atoms with Crippen LogP contribution < -0.4 is 10.5 Å². The molecule has 8 heteroatoms. The van der Waals surface area contributed by atoms with Crippen molar-refractivity contribution >= 4 is 5.91 Å². The molecule has 2 aromatic rings. The highest BCUT2D eigenvalue weighted by atomic mass is 19.3. The van der Waals surface area contributed by atoms with Crippen molar-refractivity contribution in [1.29, 1.82) is 0 Å². The molecule has 26 heavy (non-hydrogen) atoms. The summed E-state index contributed by atoms with van der Waals surface area (Å²) in [6.07, 6.45) is 0.182. The van der Waals surface area contributed by atoms with Gasteiger partial charge in [-0.2, -0.15) is 8.78 Å². The van der Waals surface area contributed by atoms with Crippen LogP contribution in [0.1, 0.15) is 28.0 Å². The summed E-state index contributed by atoms with van der Waals surface area (Å²) in [4.78, 5) is 15.7. The molecule has 2 N–H and O–H groups in total. The van der Waals surface area contributed by atoms with Crippen LogP contribution in [-0.2, 0) is 11.2 Å². The van der Waals surface area contributed by atoms with Crippen LogP contribution >= 0.6 is 0 Å². The van der Waals surface area contributed by atoms with Gasteiger partial charge in [0.15, 0.2) is 0 Å². The molecule has 1 aromatic carbocycles. The quantitative estimate of drug-likeness (QED) is 0.882. The minimum absolute atomic E-state index is 0.0883. The first kappa shape index (κ1) is 18.2. The second-order valence-electron chi connectivity index (χ2n) is 6.06. The molecule has 2 heterocycles. The largest absolute Gasteiger partial charge is 0.472 e. The zero-order chi connectivity index (χ0) is 18.8. The van der Waals surface area contributed by atoms with Crippen LogP contribution in [0, 0.1) is 12.7 Å². The smallest absolute Gasteiger partial charge is 0.345 e. The number of carbonyl (C=O) groups is 1. The number of hydrogen-bond donors (Lipinski definition) is 1. The van der Waals surface area contributed by atoms with Crippen molar-refractivity contribution in [2.45, 2.75) is 32.5 Å². The molecule has 0 aliphatic carbocycles. The van der Waals surface area contributed by atoms with Gasteiger partial charge in [-0.3, -0.25) is 4.79 Å². The van der Waals surface area contributed by atoms with Gasteiger partial charge in [0.1, 0.15) is 17.6 Å². The van der Waals surface area contributed by atoms with E-state index < -0.39 is 24.4 Å². The lowest BCUT2D eigenvalue weighted by Gasteiger charge is -2.27. The SMILES string of the molecule is Cc1ccc(-c2cc(C(N)=O)nc3c2CC[C@H](COC(F)F)O3)c(F)c1. The Morgan fingerprint density at radius 3 is 2.81 bits per heavy atom. The highest BCUT2D eigenvalue weighted by molar-refractivity contribution is 5.93. The molecule has 1 amide bonds. The molecular formula is C18H17F3N2O3. The summed E-state index contributed by atoms with van der Waals surface area (Å²) in [6, 6.07) is 6.17. The highest BCUT2D eigenvalue weighted by Crippen LogP contribution is 2.36. The van der Waals surface area contributed by atoms with E-state index in [2.05, 4.69) is 9.72 Å². The second-order valence-corrected chi connectivity index (χ2v) is 6.06. The van der Waals surface area contributed by atoms with Gasteiger partial charge in [-0.1, -0.05) is 12.1 Å². The maximum absolute atomic E-state index is 14.4. The topological polar surface area (TPSA) is 74.4 Å². The van der Waals surface area contributed by atoms with Gasteiger partial charge >= 0.3 is 6.61 Å². The van der Waals surface area contributed by atoms with Crippen molar-refractivity contribution in [3.8, 4) is 17.0 Å².